The van der Waals surface area contributed by atoms with Crippen LogP contribution in [0.1, 0.15) is 0 Å². The van der Waals surface area contributed by atoms with E-state index in [4.69, 9.17) is 0 Å². The van der Waals surface area contributed by atoms with Crippen LogP contribution in [0.5, 0.6) is 0 Å². The molecular weight excluding hydrogens is 702 g/mol. The van der Waals surface area contributed by atoms with Crippen molar-refractivity contribution in [2.45, 2.75) is 0 Å². The van der Waals surface area contributed by atoms with Crippen molar-refractivity contribution >= 4 is 107 Å². The summed E-state index contributed by atoms with van der Waals surface area (Å²) in [5.41, 5.74) is 0. The number of hydrogen-bond acceptors (Lipinski definition) is 0. The fraction of sp³-hybridized carbons (Fsp3) is 0.0769. The molecule has 0 saturated heterocycles. The normalized spacial score (nSPS) is 9.95. The molecule has 0 aliphatic heterocycles. The van der Waals surface area contributed by atoms with E-state index in [2.05, 4.69) is 202 Å². The summed E-state index contributed by atoms with van der Waals surface area (Å²) in [6.07, 6.45) is 0. The summed E-state index contributed by atoms with van der Waals surface area (Å²) in [5, 5.41) is 8.63. The van der Waals surface area contributed by atoms with E-state index in [-0.39, 0.29) is 94.6 Å². The zero-order valence-corrected chi connectivity index (χ0v) is 34.1. The van der Waals surface area contributed by atoms with Gasteiger partial charge in [-0.3, -0.25) is 0 Å². The van der Waals surface area contributed by atoms with E-state index in [0.29, 0.717) is 0 Å². The van der Waals surface area contributed by atoms with Gasteiger partial charge in [0.05, 0.1) is 0 Å². The van der Waals surface area contributed by atoms with Crippen molar-refractivity contribution in [3.63, 3.8) is 0 Å². The van der Waals surface area contributed by atoms with Crippen molar-refractivity contribution in [3.05, 3.63) is 182 Å². The number of benzene rings is 6. The quantitative estimate of drug-likeness (QED) is 0.127. The SMILES string of the molecule is CP(c1ccccc1)c1ccccc1.CP(c1ccccc1)c1ccccc1.CP(c1ccccc1)c1ccccc1.[K].[RuH3]. The molecular formula is C39H42KP3Ru. The Morgan fingerprint density at radius 1 is 0.250 bits per heavy atom. The molecule has 0 N–H and O–H groups in total. The summed E-state index contributed by atoms with van der Waals surface area (Å²) >= 11 is 0. The summed E-state index contributed by atoms with van der Waals surface area (Å²) in [6, 6.07) is 64.2. The minimum atomic E-state index is -0.171. The van der Waals surface area contributed by atoms with Gasteiger partial charge in [-0.15, -0.1) is 0 Å². The Balaban J connectivity index is 0.000000225. The molecule has 0 aromatic heterocycles. The summed E-state index contributed by atoms with van der Waals surface area (Å²) in [5.74, 6) is 0. The molecule has 0 fully saturated rings. The van der Waals surface area contributed by atoms with Crippen LogP contribution < -0.4 is 31.8 Å². The predicted molar refractivity (Wildman–Crippen MR) is 205 cm³/mol. The maximum atomic E-state index is 2.31. The first-order valence-electron chi connectivity index (χ1n) is 14.1. The third-order valence-corrected chi connectivity index (χ3v) is 13.3. The molecule has 0 aliphatic carbocycles. The molecule has 0 spiro atoms. The second-order valence-electron chi connectivity index (χ2n) is 9.69. The Hall–Kier alpha value is -1.13. The Bertz CT molecular complexity index is 1230. The third-order valence-electron chi connectivity index (χ3n) is 6.86. The zero-order chi connectivity index (χ0) is 29.4. The van der Waals surface area contributed by atoms with Gasteiger partial charge in [-0.05, 0) is 75.6 Å². The molecule has 1 radical (unpaired) electrons. The van der Waals surface area contributed by atoms with E-state index in [0.717, 1.165) is 0 Å². The summed E-state index contributed by atoms with van der Waals surface area (Å²) in [7, 11) is -0.512. The molecule has 0 nitrogen and oxygen atoms in total. The molecule has 5 heteroatoms. The molecule has 222 valence electrons. The molecule has 6 aromatic carbocycles. The van der Waals surface area contributed by atoms with Crippen molar-refractivity contribution in [1.29, 1.82) is 0 Å². The van der Waals surface area contributed by atoms with E-state index in [1.807, 2.05) is 0 Å². The Labute approximate surface area is 324 Å². The topological polar surface area (TPSA) is 0 Å². The average Bonchev–Trinajstić information content (AvgIpc) is 3.10. The van der Waals surface area contributed by atoms with Crippen LogP contribution in [-0.2, 0) is 19.5 Å². The van der Waals surface area contributed by atoms with Crippen LogP contribution in [0.2, 0.25) is 0 Å². The standard InChI is InChI=1S/3C13H13P.K.Ru.3H/c3*1-14(12-8-4-2-5-9-12)13-10-6-3-7-11-13;;;;;/h3*2-11H,1H3;;;;;. The number of hydrogen-bond donors (Lipinski definition) is 0. The van der Waals surface area contributed by atoms with Gasteiger partial charge in [-0.1, -0.05) is 182 Å². The van der Waals surface area contributed by atoms with E-state index in [1.54, 1.807) is 0 Å². The van der Waals surface area contributed by atoms with Gasteiger partial charge in [0.2, 0.25) is 0 Å². The van der Waals surface area contributed by atoms with Crippen molar-refractivity contribution < 1.29 is 19.5 Å². The first-order chi connectivity index (χ1) is 20.6. The zero-order valence-electron chi connectivity index (χ0n) is 26.1. The van der Waals surface area contributed by atoms with Crippen LogP contribution in [0.3, 0.4) is 0 Å². The first kappa shape index (κ1) is 39.1. The second-order valence-corrected chi connectivity index (χ2v) is 16.1. The summed E-state index contributed by atoms with van der Waals surface area (Å²) < 4.78 is 0. The Kier molecular flexibility index (Phi) is 19.9. The molecule has 0 saturated carbocycles. The number of rotatable bonds is 6. The van der Waals surface area contributed by atoms with Gasteiger partial charge in [0.25, 0.3) is 0 Å². The third kappa shape index (κ3) is 12.9. The van der Waals surface area contributed by atoms with Crippen molar-refractivity contribution in [2.24, 2.45) is 0 Å². The Morgan fingerprint density at radius 3 is 0.477 bits per heavy atom. The molecule has 6 aromatic rings. The van der Waals surface area contributed by atoms with Gasteiger partial charge in [-0.25, -0.2) is 0 Å². The predicted octanol–water partition coefficient (Wildman–Crippen LogP) is 7.06. The first-order valence-corrected chi connectivity index (χ1v) is 19.5. The molecule has 0 heterocycles. The molecule has 0 unspecified atom stereocenters. The van der Waals surface area contributed by atoms with Crippen molar-refractivity contribution in [3.8, 4) is 0 Å². The van der Waals surface area contributed by atoms with E-state index < -0.39 is 0 Å². The minimum absolute atomic E-state index is 0. The van der Waals surface area contributed by atoms with Gasteiger partial charge in [0.15, 0.2) is 0 Å². The van der Waals surface area contributed by atoms with Crippen LogP contribution in [0.15, 0.2) is 182 Å². The molecule has 0 atom stereocenters. The van der Waals surface area contributed by atoms with E-state index >= 15 is 0 Å². The second kappa shape index (κ2) is 22.4. The fourth-order valence-corrected chi connectivity index (χ4v) is 8.97. The van der Waals surface area contributed by atoms with Gasteiger partial charge < -0.3 is 0 Å². The van der Waals surface area contributed by atoms with E-state index in [9.17, 15) is 0 Å². The van der Waals surface area contributed by atoms with Crippen LogP contribution in [0.25, 0.3) is 0 Å². The van der Waals surface area contributed by atoms with Crippen LogP contribution in [0, 0.1) is 0 Å². The van der Waals surface area contributed by atoms with Gasteiger partial charge in [-0.2, -0.15) is 0 Å². The molecule has 0 aliphatic rings. The van der Waals surface area contributed by atoms with Crippen molar-refractivity contribution in [1.82, 2.24) is 0 Å². The van der Waals surface area contributed by atoms with Crippen molar-refractivity contribution in [2.75, 3.05) is 20.0 Å². The maximum absolute atomic E-state index is 2.31. The van der Waals surface area contributed by atoms with Gasteiger partial charge in [0.1, 0.15) is 0 Å². The van der Waals surface area contributed by atoms with Gasteiger partial charge in [0, 0.05) is 51.4 Å². The van der Waals surface area contributed by atoms with Crippen LogP contribution >= 0.6 is 23.8 Å². The van der Waals surface area contributed by atoms with Crippen LogP contribution in [-0.4, -0.2) is 71.4 Å². The van der Waals surface area contributed by atoms with Gasteiger partial charge >= 0.3 is 19.5 Å². The summed E-state index contributed by atoms with van der Waals surface area (Å²) in [6.45, 7) is 6.92. The fourth-order valence-electron chi connectivity index (χ4n) is 4.36. The average molecular weight is 744 g/mol. The molecule has 6 rings (SSSR count). The molecule has 44 heavy (non-hydrogen) atoms. The Morgan fingerprint density at radius 2 is 0.364 bits per heavy atom. The monoisotopic (exact) mass is 744 g/mol. The van der Waals surface area contributed by atoms with Crippen LogP contribution in [0.4, 0.5) is 0 Å². The summed E-state index contributed by atoms with van der Waals surface area (Å²) in [4.78, 5) is 0. The van der Waals surface area contributed by atoms with E-state index in [1.165, 1.54) is 31.8 Å². The molecule has 0 bridgehead atoms. The molecule has 0 amide bonds.